The number of hydrogen-bond donors (Lipinski definition) is 0. The van der Waals surface area contributed by atoms with Crippen molar-refractivity contribution in [1.29, 1.82) is 0 Å². The van der Waals surface area contributed by atoms with Crippen LogP contribution in [-0.2, 0) is 39.9 Å². The molecular formula is C30H31N3O3S. The SMILES string of the molecule is Cc1ccccc1CS(=O)(=O)c1ncc(CN(C(=O)Cc2ccccc2)C2CC2)n1Cc1ccccc1. The molecule has 1 fully saturated rings. The summed E-state index contributed by atoms with van der Waals surface area (Å²) in [6.07, 6.45) is 3.87. The quantitative estimate of drug-likeness (QED) is 0.301. The van der Waals surface area contributed by atoms with Crippen LogP contribution in [0, 0.1) is 6.92 Å². The molecule has 4 aromatic rings. The maximum absolute atomic E-state index is 13.6. The molecule has 5 rings (SSSR count). The first-order chi connectivity index (χ1) is 17.9. The Hall–Kier alpha value is -3.71. The maximum Gasteiger partial charge on any atom is 0.228 e. The highest BCUT2D eigenvalue weighted by Crippen LogP contribution is 2.30. The summed E-state index contributed by atoms with van der Waals surface area (Å²) < 4.78 is 29.0. The highest BCUT2D eigenvalue weighted by Gasteiger charge is 2.34. The van der Waals surface area contributed by atoms with E-state index < -0.39 is 9.84 Å². The molecule has 37 heavy (non-hydrogen) atoms. The molecule has 6 nitrogen and oxygen atoms in total. The predicted molar refractivity (Wildman–Crippen MR) is 144 cm³/mol. The van der Waals surface area contributed by atoms with Crippen molar-refractivity contribution in [3.8, 4) is 0 Å². The Bertz CT molecular complexity index is 1480. The summed E-state index contributed by atoms with van der Waals surface area (Å²) in [5.74, 6) is -0.0741. The number of carbonyl (C=O) groups is 1. The van der Waals surface area contributed by atoms with Crippen molar-refractivity contribution in [2.24, 2.45) is 0 Å². The summed E-state index contributed by atoms with van der Waals surface area (Å²) in [7, 11) is -3.73. The normalized spacial score (nSPS) is 13.4. The van der Waals surface area contributed by atoms with E-state index in [9.17, 15) is 13.2 Å². The summed E-state index contributed by atoms with van der Waals surface area (Å²) in [5.41, 5.74) is 4.36. The first-order valence-electron chi connectivity index (χ1n) is 12.6. The Labute approximate surface area is 218 Å². The highest BCUT2D eigenvalue weighted by atomic mass is 32.2. The number of hydrogen-bond acceptors (Lipinski definition) is 4. The molecule has 0 bridgehead atoms. The fraction of sp³-hybridized carbons (Fsp3) is 0.267. The van der Waals surface area contributed by atoms with E-state index in [1.54, 1.807) is 10.8 Å². The van der Waals surface area contributed by atoms with Crippen molar-refractivity contribution in [3.63, 3.8) is 0 Å². The number of sulfone groups is 1. The van der Waals surface area contributed by atoms with Crippen LogP contribution in [-0.4, -0.2) is 34.8 Å². The molecule has 1 amide bonds. The highest BCUT2D eigenvalue weighted by molar-refractivity contribution is 7.90. The number of benzene rings is 3. The average molecular weight is 514 g/mol. The Morgan fingerprint density at radius 2 is 1.54 bits per heavy atom. The molecule has 0 aliphatic heterocycles. The monoisotopic (exact) mass is 513 g/mol. The molecule has 0 radical (unpaired) electrons. The van der Waals surface area contributed by atoms with Crippen molar-refractivity contribution >= 4 is 15.7 Å². The van der Waals surface area contributed by atoms with Gasteiger partial charge in [-0.15, -0.1) is 0 Å². The van der Waals surface area contributed by atoms with Gasteiger partial charge in [0.2, 0.25) is 20.9 Å². The summed E-state index contributed by atoms with van der Waals surface area (Å²) in [6.45, 7) is 2.61. The lowest BCUT2D eigenvalue weighted by Gasteiger charge is -2.24. The molecule has 7 heteroatoms. The lowest BCUT2D eigenvalue weighted by Crippen LogP contribution is -2.34. The van der Waals surface area contributed by atoms with Crippen molar-refractivity contribution in [3.05, 3.63) is 119 Å². The van der Waals surface area contributed by atoms with Crippen LogP contribution in [0.15, 0.2) is 96.3 Å². The maximum atomic E-state index is 13.6. The minimum atomic E-state index is -3.73. The van der Waals surface area contributed by atoms with Gasteiger partial charge in [0, 0.05) is 6.04 Å². The van der Waals surface area contributed by atoms with Gasteiger partial charge in [0.05, 0.1) is 37.2 Å². The fourth-order valence-electron chi connectivity index (χ4n) is 4.60. The van der Waals surface area contributed by atoms with E-state index in [2.05, 4.69) is 4.98 Å². The minimum absolute atomic E-state index is 0.0425. The zero-order valence-corrected chi connectivity index (χ0v) is 21.8. The molecule has 1 aliphatic rings. The van der Waals surface area contributed by atoms with Gasteiger partial charge in [0.25, 0.3) is 0 Å². The van der Waals surface area contributed by atoms with Gasteiger partial charge in [-0.1, -0.05) is 84.9 Å². The summed E-state index contributed by atoms with van der Waals surface area (Å²) in [5, 5.41) is 0.0425. The lowest BCUT2D eigenvalue weighted by atomic mass is 10.1. The van der Waals surface area contributed by atoms with Crippen molar-refractivity contribution in [1.82, 2.24) is 14.5 Å². The Kier molecular flexibility index (Phi) is 7.24. The first-order valence-corrected chi connectivity index (χ1v) is 14.2. The topological polar surface area (TPSA) is 72.3 Å². The van der Waals surface area contributed by atoms with E-state index in [1.165, 1.54) is 0 Å². The average Bonchev–Trinajstić information content (AvgIpc) is 3.65. The van der Waals surface area contributed by atoms with Crippen LogP contribution in [0.2, 0.25) is 0 Å². The van der Waals surface area contributed by atoms with Gasteiger partial charge in [0.15, 0.2) is 0 Å². The van der Waals surface area contributed by atoms with Crippen molar-refractivity contribution in [2.75, 3.05) is 0 Å². The standard InChI is InChI=1S/C30H31N3O3S/c1-23-10-8-9-15-26(23)22-37(35,36)30-31-19-28(33(30)20-25-13-6-3-7-14-25)21-32(27-16-17-27)29(34)18-24-11-4-2-5-12-24/h2-15,19,27H,16-18,20-22H2,1H3. The van der Waals surface area contributed by atoms with E-state index in [0.717, 1.165) is 40.8 Å². The molecule has 190 valence electrons. The van der Waals surface area contributed by atoms with Gasteiger partial charge in [-0.05, 0) is 42.0 Å². The predicted octanol–water partition coefficient (Wildman–Crippen LogP) is 4.95. The Morgan fingerprint density at radius 1 is 0.919 bits per heavy atom. The molecule has 0 unspecified atom stereocenters. The van der Waals surface area contributed by atoms with Gasteiger partial charge in [-0.2, -0.15) is 0 Å². The van der Waals surface area contributed by atoms with E-state index in [4.69, 9.17) is 0 Å². The summed E-state index contributed by atoms with van der Waals surface area (Å²) in [4.78, 5) is 19.6. The zero-order valence-electron chi connectivity index (χ0n) is 21.0. The van der Waals surface area contributed by atoms with E-state index in [1.807, 2.05) is 96.8 Å². The van der Waals surface area contributed by atoms with Gasteiger partial charge in [-0.3, -0.25) is 4.79 Å². The van der Waals surface area contributed by atoms with Crippen molar-refractivity contribution < 1.29 is 13.2 Å². The second-order valence-corrected chi connectivity index (χ2v) is 11.6. The molecule has 1 heterocycles. The molecule has 0 atom stereocenters. The number of amides is 1. The van der Waals surface area contributed by atoms with Gasteiger partial charge in [0.1, 0.15) is 0 Å². The third-order valence-corrected chi connectivity index (χ3v) is 8.38. The molecule has 3 aromatic carbocycles. The smallest absolute Gasteiger partial charge is 0.228 e. The first kappa shape index (κ1) is 25.0. The largest absolute Gasteiger partial charge is 0.334 e. The van der Waals surface area contributed by atoms with E-state index in [0.29, 0.717) is 19.5 Å². The third kappa shape index (κ3) is 6.00. The van der Waals surface area contributed by atoms with Gasteiger partial charge in [-0.25, -0.2) is 13.4 Å². The van der Waals surface area contributed by atoms with Crippen LogP contribution in [0.1, 0.15) is 40.8 Å². The van der Waals surface area contributed by atoms with E-state index >= 15 is 0 Å². The molecule has 0 N–H and O–H groups in total. The number of imidazole rings is 1. The molecule has 1 saturated carbocycles. The Morgan fingerprint density at radius 3 is 2.19 bits per heavy atom. The second kappa shape index (κ2) is 10.7. The van der Waals surface area contributed by atoms with Crippen LogP contribution in [0.4, 0.5) is 0 Å². The molecule has 0 saturated heterocycles. The summed E-state index contributed by atoms with van der Waals surface area (Å²) >= 11 is 0. The van der Waals surface area contributed by atoms with Crippen LogP contribution >= 0.6 is 0 Å². The van der Waals surface area contributed by atoms with E-state index in [-0.39, 0.29) is 22.9 Å². The van der Waals surface area contributed by atoms with Crippen LogP contribution in [0.3, 0.4) is 0 Å². The summed E-state index contributed by atoms with van der Waals surface area (Å²) in [6, 6.07) is 27.2. The zero-order chi connectivity index (χ0) is 25.8. The van der Waals surface area contributed by atoms with Gasteiger partial charge < -0.3 is 9.47 Å². The fourth-order valence-corrected chi connectivity index (χ4v) is 6.19. The number of aryl methyl sites for hydroxylation is 1. The van der Waals surface area contributed by atoms with Gasteiger partial charge >= 0.3 is 0 Å². The van der Waals surface area contributed by atoms with Crippen molar-refractivity contribution in [2.45, 2.75) is 56.2 Å². The van der Waals surface area contributed by atoms with Crippen LogP contribution in [0.5, 0.6) is 0 Å². The number of rotatable bonds is 10. The molecular weight excluding hydrogens is 482 g/mol. The third-order valence-electron chi connectivity index (χ3n) is 6.81. The second-order valence-electron chi connectivity index (χ2n) is 9.70. The minimum Gasteiger partial charge on any atom is -0.334 e. The number of nitrogens with zero attached hydrogens (tertiary/aromatic N) is 3. The lowest BCUT2D eigenvalue weighted by molar-refractivity contribution is -0.131. The number of aromatic nitrogens is 2. The molecule has 1 aliphatic carbocycles. The van der Waals surface area contributed by atoms with Crippen LogP contribution < -0.4 is 0 Å². The van der Waals surface area contributed by atoms with Crippen LogP contribution in [0.25, 0.3) is 0 Å². The molecule has 0 spiro atoms. The molecule has 1 aromatic heterocycles. The Balaban J connectivity index is 1.47. The number of carbonyl (C=O) groups excluding carboxylic acids is 1.